The minimum absolute atomic E-state index is 0.132. The number of benzene rings is 1. The summed E-state index contributed by atoms with van der Waals surface area (Å²) < 4.78 is 6.73. The van der Waals surface area contributed by atoms with Crippen LogP contribution >= 0.6 is 11.3 Å². The number of nitrogens with zero attached hydrogens (tertiary/aromatic N) is 2. The Morgan fingerprint density at radius 1 is 1.26 bits per heavy atom. The Morgan fingerprint density at radius 3 is 2.70 bits per heavy atom. The van der Waals surface area contributed by atoms with Crippen molar-refractivity contribution in [3.63, 3.8) is 0 Å². The fourth-order valence-electron chi connectivity index (χ4n) is 2.51. The van der Waals surface area contributed by atoms with Crippen LogP contribution in [0.1, 0.15) is 29.9 Å². The molecule has 2 aromatic heterocycles. The van der Waals surface area contributed by atoms with Crippen molar-refractivity contribution in [2.75, 3.05) is 0 Å². The number of carbonyl (C=O) groups is 2. The second-order valence-electron chi connectivity index (χ2n) is 6.31. The zero-order valence-electron chi connectivity index (χ0n) is 14.9. The molecule has 0 spiro atoms. The van der Waals surface area contributed by atoms with Gasteiger partial charge in [0.05, 0.1) is 5.69 Å². The average Bonchev–Trinajstić information content (AvgIpc) is 3.13. The zero-order chi connectivity index (χ0) is 19.4. The molecule has 2 heterocycles. The lowest BCUT2D eigenvalue weighted by Gasteiger charge is -2.20. The molecule has 0 fully saturated rings. The Balaban J connectivity index is 1.67. The number of fused-ring (bicyclic) bond motifs is 1. The summed E-state index contributed by atoms with van der Waals surface area (Å²) in [6.07, 6.45) is 1.64. The summed E-state index contributed by atoms with van der Waals surface area (Å²) in [4.78, 5) is 41.6. The van der Waals surface area contributed by atoms with E-state index >= 15 is 0 Å². The van der Waals surface area contributed by atoms with Gasteiger partial charge in [-0.1, -0.05) is 32.0 Å². The second-order valence-corrected chi connectivity index (χ2v) is 7.18. The minimum Gasteiger partial charge on any atom is -0.458 e. The maximum atomic E-state index is 12.5. The van der Waals surface area contributed by atoms with Crippen LogP contribution in [0.3, 0.4) is 0 Å². The number of hydrogen-bond donors (Lipinski definition) is 1. The molecule has 0 aliphatic rings. The summed E-state index contributed by atoms with van der Waals surface area (Å²) in [6.45, 7) is 3.51. The van der Waals surface area contributed by atoms with Crippen molar-refractivity contribution >= 4 is 28.2 Å². The summed E-state index contributed by atoms with van der Waals surface area (Å²) in [5.41, 5.74) is 0.603. The maximum absolute atomic E-state index is 12.5. The van der Waals surface area contributed by atoms with E-state index < -0.39 is 12.0 Å². The lowest BCUT2D eigenvalue weighted by atomic mass is 10.0. The lowest BCUT2D eigenvalue weighted by molar-refractivity contribution is -0.148. The number of rotatable bonds is 6. The highest BCUT2D eigenvalue weighted by Crippen LogP contribution is 2.10. The van der Waals surface area contributed by atoms with Gasteiger partial charge in [0, 0.05) is 23.2 Å². The Kier molecular flexibility index (Phi) is 5.66. The third-order valence-corrected chi connectivity index (χ3v) is 4.72. The first-order chi connectivity index (χ1) is 13.0. The number of thiazole rings is 1. The molecule has 27 heavy (non-hydrogen) atoms. The van der Waals surface area contributed by atoms with Gasteiger partial charge in [0.2, 0.25) is 0 Å². The smallest absolute Gasteiger partial charge is 0.329 e. The molecule has 8 heteroatoms. The Morgan fingerprint density at radius 2 is 2.00 bits per heavy atom. The van der Waals surface area contributed by atoms with Crippen LogP contribution < -0.4 is 10.9 Å². The van der Waals surface area contributed by atoms with Crippen LogP contribution in [0, 0.1) is 5.92 Å². The number of aromatic nitrogens is 2. The number of nitrogens with one attached hydrogen (secondary N) is 1. The Bertz CT molecular complexity index is 1010. The highest BCUT2D eigenvalue weighted by atomic mass is 32.1. The molecule has 1 aromatic carbocycles. The van der Waals surface area contributed by atoms with E-state index in [-0.39, 0.29) is 24.0 Å². The summed E-state index contributed by atoms with van der Waals surface area (Å²) in [6, 6.07) is 9.19. The molecule has 0 bridgehead atoms. The summed E-state index contributed by atoms with van der Waals surface area (Å²) in [5, 5.41) is 4.47. The molecular weight excluding hydrogens is 366 g/mol. The topological polar surface area (TPSA) is 89.8 Å². The molecule has 3 rings (SSSR count). The molecule has 140 valence electrons. The van der Waals surface area contributed by atoms with Gasteiger partial charge in [-0.2, -0.15) is 0 Å². The SMILES string of the molecule is CC(C)[C@H](NC(=O)c1ccccc1)C(=O)OCc1cc(=O)n2ccsc2n1. The van der Waals surface area contributed by atoms with Crippen molar-refractivity contribution in [2.45, 2.75) is 26.5 Å². The molecule has 1 amide bonds. The van der Waals surface area contributed by atoms with Gasteiger partial charge in [0.1, 0.15) is 12.6 Å². The van der Waals surface area contributed by atoms with Crippen molar-refractivity contribution in [1.82, 2.24) is 14.7 Å². The first-order valence-corrected chi connectivity index (χ1v) is 9.32. The van der Waals surface area contributed by atoms with E-state index in [9.17, 15) is 14.4 Å². The number of amides is 1. The van der Waals surface area contributed by atoms with Gasteiger partial charge >= 0.3 is 5.97 Å². The predicted molar refractivity (Wildman–Crippen MR) is 102 cm³/mol. The molecule has 1 N–H and O–H groups in total. The first-order valence-electron chi connectivity index (χ1n) is 8.44. The number of hydrogen-bond acceptors (Lipinski definition) is 6. The van der Waals surface area contributed by atoms with E-state index in [1.807, 2.05) is 19.9 Å². The molecular formula is C19H19N3O4S. The monoisotopic (exact) mass is 385 g/mol. The molecule has 0 radical (unpaired) electrons. The molecule has 7 nitrogen and oxygen atoms in total. The van der Waals surface area contributed by atoms with Crippen molar-refractivity contribution in [3.8, 4) is 0 Å². The summed E-state index contributed by atoms with van der Waals surface area (Å²) in [5.74, 6) is -1.08. The standard InChI is InChI=1S/C19H19N3O4S/c1-12(2)16(21-17(24)13-6-4-3-5-7-13)18(25)26-11-14-10-15(23)22-8-9-27-19(22)20-14/h3-10,12,16H,11H2,1-2H3,(H,21,24)/t16-/m0/s1. The van der Waals surface area contributed by atoms with Crippen molar-refractivity contribution in [2.24, 2.45) is 5.92 Å². The fourth-order valence-corrected chi connectivity index (χ4v) is 3.25. The summed E-state index contributed by atoms with van der Waals surface area (Å²) >= 11 is 1.32. The number of ether oxygens (including phenoxy) is 1. The number of carbonyl (C=O) groups excluding carboxylic acids is 2. The van der Waals surface area contributed by atoms with Gasteiger partial charge in [-0.25, -0.2) is 9.78 Å². The van der Waals surface area contributed by atoms with Gasteiger partial charge < -0.3 is 10.1 Å². The quantitative estimate of drug-likeness (QED) is 0.658. The molecule has 0 unspecified atom stereocenters. The van der Waals surface area contributed by atoms with Crippen LogP contribution in [-0.2, 0) is 16.1 Å². The van der Waals surface area contributed by atoms with Gasteiger partial charge in [-0.15, -0.1) is 11.3 Å². The first kappa shape index (κ1) is 18.8. The molecule has 3 aromatic rings. The van der Waals surface area contributed by atoms with E-state index in [4.69, 9.17) is 4.74 Å². The average molecular weight is 385 g/mol. The van der Waals surface area contributed by atoms with E-state index in [0.717, 1.165) is 0 Å². The van der Waals surface area contributed by atoms with Crippen LogP contribution in [0.15, 0.2) is 52.8 Å². The van der Waals surface area contributed by atoms with Crippen LogP contribution in [-0.4, -0.2) is 27.3 Å². The predicted octanol–water partition coefficient (Wildman–Crippen LogP) is 2.25. The zero-order valence-corrected chi connectivity index (χ0v) is 15.7. The van der Waals surface area contributed by atoms with E-state index in [2.05, 4.69) is 10.3 Å². The van der Waals surface area contributed by atoms with Gasteiger partial charge in [-0.3, -0.25) is 14.0 Å². The van der Waals surface area contributed by atoms with E-state index in [1.165, 1.54) is 21.8 Å². The largest absolute Gasteiger partial charge is 0.458 e. The van der Waals surface area contributed by atoms with Gasteiger partial charge in [0.25, 0.3) is 11.5 Å². The maximum Gasteiger partial charge on any atom is 0.329 e. The minimum atomic E-state index is -0.802. The van der Waals surface area contributed by atoms with Crippen molar-refractivity contribution < 1.29 is 14.3 Å². The molecule has 0 aliphatic carbocycles. The van der Waals surface area contributed by atoms with E-state index in [0.29, 0.717) is 16.2 Å². The normalized spacial score (nSPS) is 12.1. The second kappa shape index (κ2) is 8.13. The Hall–Kier alpha value is -3.00. The highest BCUT2D eigenvalue weighted by molar-refractivity contribution is 7.15. The molecule has 1 atom stereocenters. The third kappa shape index (κ3) is 4.40. The molecule has 0 saturated carbocycles. The fraction of sp³-hybridized carbons (Fsp3) is 0.263. The van der Waals surface area contributed by atoms with Crippen LogP contribution in [0.4, 0.5) is 0 Å². The summed E-state index contributed by atoms with van der Waals surface area (Å²) in [7, 11) is 0. The lowest BCUT2D eigenvalue weighted by Crippen LogP contribution is -2.45. The van der Waals surface area contributed by atoms with Crippen LogP contribution in [0.5, 0.6) is 0 Å². The highest BCUT2D eigenvalue weighted by Gasteiger charge is 2.26. The third-order valence-electron chi connectivity index (χ3n) is 3.96. The van der Waals surface area contributed by atoms with Crippen molar-refractivity contribution in [3.05, 3.63) is 69.6 Å². The van der Waals surface area contributed by atoms with Crippen molar-refractivity contribution in [1.29, 1.82) is 0 Å². The van der Waals surface area contributed by atoms with Gasteiger partial charge in [-0.05, 0) is 18.1 Å². The van der Waals surface area contributed by atoms with Crippen LogP contribution in [0.25, 0.3) is 4.96 Å². The van der Waals surface area contributed by atoms with Gasteiger partial charge in [0.15, 0.2) is 4.96 Å². The molecule has 0 aliphatic heterocycles. The van der Waals surface area contributed by atoms with E-state index in [1.54, 1.807) is 35.8 Å². The number of esters is 1. The Labute approximate surface area is 159 Å². The molecule has 0 saturated heterocycles. The van der Waals surface area contributed by atoms with Crippen LogP contribution in [0.2, 0.25) is 0 Å².